The first-order chi connectivity index (χ1) is 11.5. The lowest BCUT2D eigenvalue weighted by atomic mass is 9.92. The fraction of sp³-hybridized carbons (Fsp3) is 0.368. The van der Waals surface area contributed by atoms with Gasteiger partial charge in [-0.05, 0) is 49.1 Å². The van der Waals surface area contributed by atoms with Crippen molar-refractivity contribution in [3.63, 3.8) is 0 Å². The summed E-state index contributed by atoms with van der Waals surface area (Å²) in [6.45, 7) is 1.92. The molecule has 3 rings (SSSR count). The Hall–Kier alpha value is -2.40. The third-order valence-electron chi connectivity index (χ3n) is 4.65. The van der Waals surface area contributed by atoms with E-state index in [-0.39, 0.29) is 11.9 Å². The van der Waals surface area contributed by atoms with Gasteiger partial charge in [0.25, 0.3) is 5.91 Å². The zero-order chi connectivity index (χ0) is 17.1. The van der Waals surface area contributed by atoms with Crippen LogP contribution in [0, 0.1) is 6.92 Å². The van der Waals surface area contributed by atoms with Gasteiger partial charge >= 0.3 is 0 Å². The highest BCUT2D eigenvalue weighted by Gasteiger charge is 2.24. The minimum absolute atomic E-state index is 0.140. The SMILES string of the molecule is Cc1cc(-c2ccc(C(=O)N[C@H]3CCCC[C@@H]3O)cc2)cnc1N. The molecule has 24 heavy (non-hydrogen) atoms. The first kappa shape index (κ1) is 16.5. The number of hydrogen-bond donors (Lipinski definition) is 3. The first-order valence-electron chi connectivity index (χ1n) is 8.36. The van der Waals surface area contributed by atoms with Crippen LogP contribution in [0.3, 0.4) is 0 Å². The number of carbonyl (C=O) groups is 1. The van der Waals surface area contributed by atoms with Crippen molar-refractivity contribution in [2.24, 2.45) is 0 Å². The third kappa shape index (κ3) is 3.57. The van der Waals surface area contributed by atoms with E-state index in [9.17, 15) is 9.90 Å². The average Bonchev–Trinajstić information content (AvgIpc) is 2.59. The largest absolute Gasteiger partial charge is 0.391 e. The molecule has 1 aromatic carbocycles. The van der Waals surface area contributed by atoms with E-state index in [1.807, 2.05) is 25.1 Å². The van der Waals surface area contributed by atoms with Crippen LogP contribution in [0.15, 0.2) is 36.5 Å². The lowest BCUT2D eigenvalue weighted by Crippen LogP contribution is -2.45. The molecular weight excluding hydrogens is 302 g/mol. The summed E-state index contributed by atoms with van der Waals surface area (Å²) in [5, 5.41) is 12.9. The molecule has 4 N–H and O–H groups in total. The monoisotopic (exact) mass is 325 g/mol. The molecule has 5 heteroatoms. The zero-order valence-corrected chi connectivity index (χ0v) is 13.8. The van der Waals surface area contributed by atoms with Gasteiger partial charge in [-0.15, -0.1) is 0 Å². The van der Waals surface area contributed by atoms with E-state index in [1.54, 1.807) is 18.3 Å². The van der Waals surface area contributed by atoms with Gasteiger partial charge in [0.15, 0.2) is 0 Å². The van der Waals surface area contributed by atoms with Crippen LogP contribution >= 0.6 is 0 Å². The van der Waals surface area contributed by atoms with Crippen LogP contribution in [-0.4, -0.2) is 28.1 Å². The van der Waals surface area contributed by atoms with Crippen molar-refractivity contribution in [2.45, 2.75) is 44.8 Å². The molecule has 0 saturated heterocycles. The fourth-order valence-electron chi connectivity index (χ4n) is 3.09. The molecule has 1 aliphatic rings. The van der Waals surface area contributed by atoms with Crippen LogP contribution in [0.4, 0.5) is 5.82 Å². The van der Waals surface area contributed by atoms with Crippen molar-refractivity contribution >= 4 is 11.7 Å². The number of aromatic nitrogens is 1. The van der Waals surface area contributed by atoms with Gasteiger partial charge in [-0.25, -0.2) is 4.98 Å². The van der Waals surface area contributed by atoms with Crippen LogP contribution < -0.4 is 11.1 Å². The number of aliphatic hydroxyl groups is 1. The van der Waals surface area contributed by atoms with Crippen LogP contribution in [0.5, 0.6) is 0 Å². The van der Waals surface area contributed by atoms with Crippen LogP contribution in [0.25, 0.3) is 11.1 Å². The second-order valence-corrected chi connectivity index (χ2v) is 6.44. The highest BCUT2D eigenvalue weighted by atomic mass is 16.3. The molecule has 1 fully saturated rings. The van der Waals surface area contributed by atoms with E-state index in [1.165, 1.54) is 0 Å². The van der Waals surface area contributed by atoms with Gasteiger partial charge in [0.1, 0.15) is 5.82 Å². The van der Waals surface area contributed by atoms with Crippen molar-refractivity contribution in [1.82, 2.24) is 10.3 Å². The Morgan fingerprint density at radius 1 is 1.21 bits per heavy atom. The fourth-order valence-corrected chi connectivity index (χ4v) is 3.09. The van der Waals surface area contributed by atoms with Crippen molar-refractivity contribution < 1.29 is 9.90 Å². The smallest absolute Gasteiger partial charge is 0.251 e. The summed E-state index contributed by atoms with van der Waals surface area (Å²) < 4.78 is 0. The third-order valence-corrected chi connectivity index (χ3v) is 4.65. The molecule has 126 valence electrons. The minimum atomic E-state index is -0.439. The number of hydrogen-bond acceptors (Lipinski definition) is 4. The molecule has 1 heterocycles. The summed E-state index contributed by atoms with van der Waals surface area (Å²) in [5.74, 6) is 0.389. The number of amides is 1. The Labute approximate surface area is 141 Å². The number of pyridine rings is 1. The number of nitrogens with two attached hydrogens (primary N) is 1. The van der Waals surface area contributed by atoms with Crippen LogP contribution in [0.1, 0.15) is 41.6 Å². The van der Waals surface area contributed by atoms with Crippen molar-refractivity contribution in [3.8, 4) is 11.1 Å². The highest BCUT2D eigenvalue weighted by Crippen LogP contribution is 2.23. The van der Waals surface area contributed by atoms with Gasteiger partial charge in [-0.3, -0.25) is 4.79 Å². The number of aliphatic hydroxyl groups excluding tert-OH is 1. The van der Waals surface area contributed by atoms with Crippen LogP contribution in [0.2, 0.25) is 0 Å². The maximum absolute atomic E-state index is 12.4. The molecular formula is C19H23N3O2. The summed E-state index contributed by atoms with van der Waals surface area (Å²) in [6, 6.07) is 9.24. The van der Waals surface area contributed by atoms with Gasteiger partial charge in [0.2, 0.25) is 0 Å². The number of nitrogens with one attached hydrogen (secondary N) is 1. The maximum atomic E-state index is 12.4. The minimum Gasteiger partial charge on any atom is -0.391 e. The van der Waals surface area contributed by atoms with E-state index in [0.717, 1.165) is 42.4 Å². The summed E-state index contributed by atoms with van der Waals surface area (Å²) >= 11 is 0. The first-order valence-corrected chi connectivity index (χ1v) is 8.36. The topological polar surface area (TPSA) is 88.2 Å². The second kappa shape index (κ2) is 7.01. The summed E-state index contributed by atoms with van der Waals surface area (Å²) in [7, 11) is 0. The average molecular weight is 325 g/mol. The van der Waals surface area contributed by atoms with Gasteiger partial charge in [-0.2, -0.15) is 0 Å². The molecule has 2 atom stereocenters. The Bertz CT molecular complexity index is 728. The van der Waals surface area contributed by atoms with E-state index in [2.05, 4.69) is 10.3 Å². The predicted molar refractivity (Wildman–Crippen MR) is 94.6 cm³/mol. The normalized spacial score (nSPS) is 20.6. The van der Waals surface area contributed by atoms with Crippen LogP contribution in [-0.2, 0) is 0 Å². The molecule has 0 unspecified atom stereocenters. The molecule has 0 radical (unpaired) electrons. The molecule has 1 aromatic heterocycles. The Morgan fingerprint density at radius 2 is 1.92 bits per heavy atom. The lowest BCUT2D eigenvalue weighted by molar-refractivity contribution is 0.0717. The Balaban J connectivity index is 1.71. The summed E-state index contributed by atoms with van der Waals surface area (Å²) in [6.07, 6.45) is 4.96. The molecule has 0 spiro atoms. The maximum Gasteiger partial charge on any atom is 0.251 e. The Morgan fingerprint density at radius 3 is 2.58 bits per heavy atom. The standard InChI is InChI=1S/C19H23N3O2/c1-12-10-15(11-21-18(12)20)13-6-8-14(9-7-13)19(24)22-16-4-2-3-5-17(16)23/h6-11,16-17,23H,2-5H2,1H3,(H2,20,21)(H,22,24)/t16-,17-/m0/s1. The number of nitrogens with zero attached hydrogens (tertiary/aromatic N) is 1. The quantitative estimate of drug-likeness (QED) is 0.809. The molecule has 5 nitrogen and oxygen atoms in total. The summed E-state index contributed by atoms with van der Waals surface area (Å²) in [4.78, 5) is 16.5. The van der Waals surface area contributed by atoms with Gasteiger partial charge in [0.05, 0.1) is 12.1 Å². The summed E-state index contributed by atoms with van der Waals surface area (Å²) in [5.41, 5.74) is 9.23. The van der Waals surface area contributed by atoms with Gasteiger partial charge < -0.3 is 16.2 Å². The van der Waals surface area contributed by atoms with Crippen molar-refractivity contribution in [1.29, 1.82) is 0 Å². The van der Waals surface area contributed by atoms with Gasteiger partial charge in [-0.1, -0.05) is 25.0 Å². The molecule has 1 aliphatic carbocycles. The molecule has 0 bridgehead atoms. The molecule has 1 amide bonds. The number of anilines is 1. The molecule has 0 aliphatic heterocycles. The number of nitrogen functional groups attached to an aromatic ring is 1. The van der Waals surface area contributed by atoms with E-state index in [0.29, 0.717) is 11.4 Å². The van der Waals surface area contributed by atoms with E-state index in [4.69, 9.17) is 5.73 Å². The molecule has 1 saturated carbocycles. The van der Waals surface area contributed by atoms with Crippen molar-refractivity contribution in [2.75, 3.05) is 5.73 Å². The highest BCUT2D eigenvalue weighted by molar-refractivity contribution is 5.94. The number of aryl methyl sites for hydroxylation is 1. The van der Waals surface area contributed by atoms with E-state index < -0.39 is 6.10 Å². The van der Waals surface area contributed by atoms with Gasteiger partial charge in [0, 0.05) is 17.3 Å². The number of rotatable bonds is 3. The number of carbonyl (C=O) groups excluding carboxylic acids is 1. The number of benzene rings is 1. The molecule has 2 aromatic rings. The Kier molecular flexibility index (Phi) is 4.81. The predicted octanol–water partition coefficient (Wildman–Crippen LogP) is 2.67. The van der Waals surface area contributed by atoms with E-state index >= 15 is 0 Å². The lowest BCUT2D eigenvalue weighted by Gasteiger charge is -2.28. The zero-order valence-electron chi connectivity index (χ0n) is 13.8. The second-order valence-electron chi connectivity index (χ2n) is 6.44. The van der Waals surface area contributed by atoms with Crippen molar-refractivity contribution in [3.05, 3.63) is 47.7 Å².